The molecule has 1 aromatic rings. The van der Waals surface area contributed by atoms with Gasteiger partial charge >= 0.3 is 6.03 Å². The molecule has 4 rings (SSSR count). The zero-order chi connectivity index (χ0) is 22.0. The van der Waals surface area contributed by atoms with Gasteiger partial charge in [0.05, 0.1) is 12.5 Å². The molecule has 0 bridgehead atoms. The maximum absolute atomic E-state index is 13.4. The molecule has 0 unspecified atom stereocenters. The van der Waals surface area contributed by atoms with Gasteiger partial charge in [-0.1, -0.05) is 44.2 Å². The minimum Gasteiger partial charge on any atom is -0.340 e. The number of hydrogen-bond acceptors (Lipinski definition) is 4. The summed E-state index contributed by atoms with van der Waals surface area (Å²) in [5, 5.41) is 3.03. The van der Waals surface area contributed by atoms with Gasteiger partial charge in [0, 0.05) is 32.7 Å². The fraction of sp³-hybridized carbons (Fsp3) is 0.625. The van der Waals surface area contributed by atoms with Crippen LogP contribution in [-0.2, 0) is 16.0 Å². The maximum Gasteiger partial charge on any atom is 0.325 e. The third-order valence-corrected chi connectivity index (χ3v) is 6.84. The molecule has 1 N–H and O–H groups in total. The van der Waals surface area contributed by atoms with Crippen LogP contribution in [0.25, 0.3) is 0 Å². The Morgan fingerprint density at radius 2 is 1.84 bits per heavy atom. The molecule has 168 valence electrons. The summed E-state index contributed by atoms with van der Waals surface area (Å²) in [5.41, 5.74) is 0.220. The van der Waals surface area contributed by atoms with Gasteiger partial charge in [-0.15, -0.1) is 0 Å². The molecule has 31 heavy (non-hydrogen) atoms. The molecule has 1 atom stereocenters. The fourth-order valence-electron chi connectivity index (χ4n) is 5.22. The number of urea groups is 1. The number of nitrogens with zero attached hydrogens (tertiary/aromatic N) is 3. The summed E-state index contributed by atoms with van der Waals surface area (Å²) in [6.45, 7) is 8.17. The zero-order valence-electron chi connectivity index (χ0n) is 18.7. The topological polar surface area (TPSA) is 73.0 Å². The highest BCUT2D eigenvalue weighted by atomic mass is 16.2. The minimum absolute atomic E-state index is 0.0552. The smallest absolute Gasteiger partial charge is 0.325 e. The molecule has 3 aliphatic heterocycles. The molecule has 3 fully saturated rings. The highest BCUT2D eigenvalue weighted by Crippen LogP contribution is 2.32. The van der Waals surface area contributed by atoms with Gasteiger partial charge in [0.25, 0.3) is 5.91 Å². The predicted octanol–water partition coefficient (Wildman–Crippen LogP) is 2.26. The average molecular weight is 427 g/mol. The third-order valence-electron chi connectivity index (χ3n) is 6.84. The van der Waals surface area contributed by atoms with Crippen molar-refractivity contribution in [1.82, 2.24) is 20.0 Å². The Morgan fingerprint density at radius 3 is 2.52 bits per heavy atom. The molecular weight excluding hydrogens is 392 g/mol. The molecular formula is C24H34N4O3. The number of benzene rings is 1. The molecule has 3 saturated heterocycles. The number of imide groups is 1. The van der Waals surface area contributed by atoms with E-state index in [9.17, 15) is 14.4 Å². The van der Waals surface area contributed by atoms with Crippen molar-refractivity contribution in [1.29, 1.82) is 0 Å². The summed E-state index contributed by atoms with van der Waals surface area (Å²) in [4.78, 5) is 44.7. The quantitative estimate of drug-likeness (QED) is 0.733. The largest absolute Gasteiger partial charge is 0.340 e. The van der Waals surface area contributed by atoms with E-state index in [0.29, 0.717) is 38.3 Å². The molecule has 0 aliphatic carbocycles. The van der Waals surface area contributed by atoms with Gasteiger partial charge < -0.3 is 15.1 Å². The average Bonchev–Trinajstić information content (AvgIpc) is 2.99. The van der Waals surface area contributed by atoms with Crippen LogP contribution >= 0.6 is 0 Å². The molecule has 0 aromatic heterocycles. The number of rotatable bonds is 5. The van der Waals surface area contributed by atoms with Crippen molar-refractivity contribution in [2.75, 3.05) is 32.7 Å². The van der Waals surface area contributed by atoms with E-state index < -0.39 is 5.54 Å². The summed E-state index contributed by atoms with van der Waals surface area (Å²) >= 11 is 0. The highest BCUT2D eigenvalue weighted by Gasteiger charge is 2.54. The van der Waals surface area contributed by atoms with E-state index in [2.05, 4.69) is 24.1 Å². The first kappa shape index (κ1) is 21.8. The second kappa shape index (κ2) is 8.99. The van der Waals surface area contributed by atoms with Crippen LogP contribution in [0.5, 0.6) is 0 Å². The van der Waals surface area contributed by atoms with Gasteiger partial charge in [0.15, 0.2) is 0 Å². The summed E-state index contributed by atoms with van der Waals surface area (Å²) < 4.78 is 0. The van der Waals surface area contributed by atoms with Crippen LogP contribution in [0.4, 0.5) is 4.79 Å². The molecule has 1 spiro atoms. The van der Waals surface area contributed by atoms with Crippen LogP contribution in [0.1, 0.15) is 45.1 Å². The Balaban J connectivity index is 1.39. The van der Waals surface area contributed by atoms with Gasteiger partial charge in [0.2, 0.25) is 5.91 Å². The molecule has 7 heteroatoms. The maximum atomic E-state index is 13.4. The number of nitrogens with one attached hydrogen (secondary N) is 1. The van der Waals surface area contributed by atoms with Crippen molar-refractivity contribution < 1.29 is 14.4 Å². The van der Waals surface area contributed by atoms with Crippen LogP contribution in [0.15, 0.2) is 30.3 Å². The van der Waals surface area contributed by atoms with Crippen molar-refractivity contribution in [2.45, 2.75) is 57.5 Å². The molecule has 7 nitrogen and oxygen atoms in total. The van der Waals surface area contributed by atoms with Crippen LogP contribution in [0.3, 0.4) is 0 Å². The lowest BCUT2D eigenvalue weighted by molar-refractivity contribution is -0.139. The Bertz CT molecular complexity index is 817. The van der Waals surface area contributed by atoms with E-state index in [4.69, 9.17) is 0 Å². The van der Waals surface area contributed by atoms with Crippen LogP contribution in [0.2, 0.25) is 0 Å². The number of likely N-dealkylation sites (tertiary alicyclic amines) is 2. The van der Waals surface area contributed by atoms with Gasteiger partial charge in [-0.3, -0.25) is 14.5 Å². The highest BCUT2D eigenvalue weighted by molar-refractivity contribution is 6.07. The Kier molecular flexibility index (Phi) is 6.32. The van der Waals surface area contributed by atoms with E-state index >= 15 is 0 Å². The molecule has 1 aromatic carbocycles. The summed E-state index contributed by atoms with van der Waals surface area (Å²) in [5.74, 6) is 0.546. The van der Waals surface area contributed by atoms with Crippen molar-refractivity contribution in [2.24, 2.45) is 5.92 Å². The van der Waals surface area contributed by atoms with Crippen LogP contribution in [-0.4, -0.2) is 76.8 Å². The van der Waals surface area contributed by atoms with E-state index in [0.717, 1.165) is 38.0 Å². The van der Waals surface area contributed by atoms with E-state index in [-0.39, 0.29) is 23.9 Å². The Morgan fingerprint density at radius 1 is 1.13 bits per heavy atom. The van der Waals surface area contributed by atoms with Crippen LogP contribution < -0.4 is 5.32 Å². The second-order valence-corrected chi connectivity index (χ2v) is 9.68. The molecule has 4 amide bonds. The van der Waals surface area contributed by atoms with Gasteiger partial charge in [-0.05, 0) is 37.2 Å². The SMILES string of the molecule is CC(C)CN1CCC2(CC1)NC(=O)N([C@H]1CCCN(C(=O)Cc3ccccc3)C1)C2=O. The lowest BCUT2D eigenvalue weighted by Crippen LogP contribution is -2.56. The summed E-state index contributed by atoms with van der Waals surface area (Å²) in [7, 11) is 0. The molecule has 3 heterocycles. The van der Waals surface area contributed by atoms with Crippen molar-refractivity contribution in [3.8, 4) is 0 Å². The second-order valence-electron chi connectivity index (χ2n) is 9.68. The Hall–Kier alpha value is -2.41. The first-order chi connectivity index (χ1) is 14.9. The molecule has 3 aliphatic rings. The summed E-state index contributed by atoms with van der Waals surface area (Å²) in [6, 6.07) is 9.17. The summed E-state index contributed by atoms with van der Waals surface area (Å²) in [6.07, 6.45) is 3.22. The van der Waals surface area contributed by atoms with Gasteiger partial charge in [0.1, 0.15) is 5.54 Å². The lowest BCUT2D eigenvalue weighted by Gasteiger charge is -2.39. The molecule has 0 saturated carbocycles. The predicted molar refractivity (Wildman–Crippen MR) is 118 cm³/mol. The van der Waals surface area contributed by atoms with Gasteiger partial charge in [-0.2, -0.15) is 0 Å². The van der Waals surface area contributed by atoms with E-state index in [1.165, 1.54) is 4.90 Å². The normalized spacial score (nSPS) is 24.2. The first-order valence-corrected chi connectivity index (χ1v) is 11.6. The first-order valence-electron chi connectivity index (χ1n) is 11.6. The number of amides is 4. The van der Waals surface area contributed by atoms with Crippen molar-refractivity contribution in [3.05, 3.63) is 35.9 Å². The standard InChI is InChI=1S/C24H34N4O3/c1-18(2)16-26-13-10-24(11-14-26)22(30)28(23(31)25-24)20-9-6-12-27(17-20)21(29)15-19-7-4-3-5-8-19/h3-5,7-8,18,20H,6,9-17H2,1-2H3,(H,25,31)/t20-/m0/s1. The lowest BCUT2D eigenvalue weighted by atomic mass is 9.86. The fourth-order valence-corrected chi connectivity index (χ4v) is 5.22. The monoisotopic (exact) mass is 426 g/mol. The number of hydrogen-bond donors (Lipinski definition) is 1. The Labute approximate surface area is 184 Å². The number of carbonyl (C=O) groups is 3. The van der Waals surface area contributed by atoms with Crippen LogP contribution in [0, 0.1) is 5.92 Å². The third kappa shape index (κ3) is 4.61. The zero-order valence-corrected chi connectivity index (χ0v) is 18.7. The van der Waals surface area contributed by atoms with Crippen molar-refractivity contribution >= 4 is 17.8 Å². The van der Waals surface area contributed by atoms with Gasteiger partial charge in [-0.25, -0.2) is 4.79 Å². The van der Waals surface area contributed by atoms with Crippen molar-refractivity contribution in [3.63, 3.8) is 0 Å². The molecule has 0 radical (unpaired) electrons. The van der Waals surface area contributed by atoms with E-state index in [1.807, 2.05) is 35.2 Å². The number of carbonyl (C=O) groups excluding carboxylic acids is 3. The minimum atomic E-state index is -0.763. The number of piperidine rings is 2. The van der Waals surface area contributed by atoms with E-state index in [1.54, 1.807) is 0 Å².